The van der Waals surface area contributed by atoms with Gasteiger partial charge in [-0.1, -0.05) is 13.8 Å². The van der Waals surface area contributed by atoms with Crippen LogP contribution in [0.2, 0.25) is 0 Å². The Kier molecular flexibility index (Phi) is 6.36. The first kappa shape index (κ1) is 24.5. The summed E-state index contributed by atoms with van der Waals surface area (Å²) in [6.07, 6.45) is 6.62. The van der Waals surface area contributed by atoms with Crippen molar-refractivity contribution in [1.29, 1.82) is 0 Å². The average molecular weight is 530 g/mol. The van der Waals surface area contributed by atoms with Gasteiger partial charge in [-0.3, -0.25) is 4.79 Å². The molecule has 0 spiro atoms. The molecule has 0 bridgehead atoms. The second-order valence-corrected chi connectivity index (χ2v) is 11.4. The Hall–Kier alpha value is -2.67. The number of aromatic carboxylic acids is 1. The van der Waals surface area contributed by atoms with Crippen molar-refractivity contribution in [2.45, 2.75) is 59.0 Å². The molecule has 1 aliphatic carbocycles. The van der Waals surface area contributed by atoms with Gasteiger partial charge in [0.1, 0.15) is 17.2 Å². The number of carboxylic acids is 1. The summed E-state index contributed by atoms with van der Waals surface area (Å²) in [5.41, 5.74) is 2.12. The predicted octanol–water partition coefficient (Wildman–Crippen LogP) is 7.31. The molecule has 0 radical (unpaired) electrons. The summed E-state index contributed by atoms with van der Waals surface area (Å²) in [4.78, 5) is 24.1. The van der Waals surface area contributed by atoms with Crippen molar-refractivity contribution in [2.75, 3.05) is 5.32 Å². The Morgan fingerprint density at radius 1 is 1.12 bits per heavy atom. The van der Waals surface area contributed by atoms with Crippen LogP contribution in [-0.4, -0.2) is 22.6 Å². The molecule has 2 aliphatic rings. The van der Waals surface area contributed by atoms with Gasteiger partial charge in [-0.05, 0) is 109 Å². The number of carbonyl (C=O) groups excluding carboxylic acids is 1. The molecule has 2 aromatic rings. The third kappa shape index (κ3) is 5.04. The van der Waals surface area contributed by atoms with Crippen LogP contribution in [0.4, 0.5) is 10.1 Å². The summed E-state index contributed by atoms with van der Waals surface area (Å²) >= 11 is 3.59. The first-order valence-corrected chi connectivity index (χ1v) is 12.2. The Labute approximate surface area is 207 Å². The first-order chi connectivity index (χ1) is 15.8. The molecule has 1 saturated carbocycles. The molecule has 4 rings (SSSR count). The van der Waals surface area contributed by atoms with Gasteiger partial charge < -0.3 is 15.2 Å². The highest BCUT2D eigenvalue weighted by Crippen LogP contribution is 2.49. The van der Waals surface area contributed by atoms with Crippen molar-refractivity contribution >= 4 is 39.1 Å². The molecule has 1 fully saturated rings. The minimum Gasteiger partial charge on any atom is -0.482 e. The van der Waals surface area contributed by atoms with Crippen LogP contribution in [0.5, 0.6) is 5.75 Å². The van der Waals surface area contributed by atoms with Crippen LogP contribution in [0.25, 0.3) is 5.57 Å². The molecule has 34 heavy (non-hydrogen) atoms. The zero-order chi connectivity index (χ0) is 24.8. The lowest BCUT2D eigenvalue weighted by Crippen LogP contribution is -2.32. The Morgan fingerprint density at radius 2 is 1.79 bits per heavy atom. The normalized spacial score (nSPS) is 18.9. The summed E-state index contributed by atoms with van der Waals surface area (Å²) in [6.45, 7) is 8.69. The van der Waals surface area contributed by atoms with E-state index in [1.165, 1.54) is 11.6 Å². The fourth-order valence-electron chi connectivity index (χ4n) is 4.81. The number of ether oxygens (including phenoxy) is 1. The molecule has 0 aromatic heterocycles. The lowest BCUT2D eigenvalue weighted by molar-refractivity contribution is 0.0691. The summed E-state index contributed by atoms with van der Waals surface area (Å²) in [5, 5.41) is 11.7. The molecule has 2 N–H and O–H groups in total. The van der Waals surface area contributed by atoms with Gasteiger partial charge in [0.2, 0.25) is 0 Å². The number of nitrogens with one attached hydrogen (secondary N) is 1. The standard InChI is InChI=1S/C27H29BrFNO4/c1-26(2)9-7-15(8-10-26)20-14-27(3,4)34-23-19(20)11-16(12-21(23)28)24(31)30-17-5-6-18(25(32)33)22(29)13-17/h5-6,11-15H,7-10H2,1-4H3,(H,30,31)(H,32,33). The smallest absolute Gasteiger partial charge is 0.338 e. The molecule has 180 valence electrons. The number of allylic oxidation sites excluding steroid dienone is 1. The second kappa shape index (κ2) is 8.84. The average Bonchev–Trinajstić information content (AvgIpc) is 2.73. The van der Waals surface area contributed by atoms with E-state index in [0.29, 0.717) is 21.4 Å². The first-order valence-electron chi connectivity index (χ1n) is 11.5. The number of rotatable bonds is 4. The van der Waals surface area contributed by atoms with Gasteiger partial charge in [0, 0.05) is 16.8 Å². The summed E-state index contributed by atoms with van der Waals surface area (Å²) < 4.78 is 21.0. The topological polar surface area (TPSA) is 75.6 Å². The molecule has 1 amide bonds. The molecule has 0 unspecified atom stereocenters. The van der Waals surface area contributed by atoms with Gasteiger partial charge in [0.15, 0.2) is 0 Å². The quantitative estimate of drug-likeness (QED) is 0.435. The molecule has 5 nitrogen and oxygen atoms in total. The third-order valence-electron chi connectivity index (χ3n) is 6.72. The van der Waals surface area contributed by atoms with E-state index in [0.717, 1.165) is 49.1 Å². The lowest BCUT2D eigenvalue weighted by Gasteiger charge is -2.39. The van der Waals surface area contributed by atoms with Crippen molar-refractivity contribution in [2.24, 2.45) is 11.3 Å². The highest BCUT2D eigenvalue weighted by atomic mass is 79.9. The van der Waals surface area contributed by atoms with Gasteiger partial charge in [0.25, 0.3) is 5.91 Å². The van der Waals surface area contributed by atoms with Crippen molar-refractivity contribution < 1.29 is 23.8 Å². The summed E-state index contributed by atoms with van der Waals surface area (Å²) in [5.74, 6) is -1.57. The van der Waals surface area contributed by atoms with Crippen LogP contribution in [0.15, 0.2) is 40.9 Å². The molecule has 1 heterocycles. The van der Waals surface area contributed by atoms with E-state index in [4.69, 9.17) is 9.84 Å². The van der Waals surface area contributed by atoms with Gasteiger partial charge >= 0.3 is 5.97 Å². The number of fused-ring (bicyclic) bond motifs is 1. The Bertz CT molecular complexity index is 1190. The zero-order valence-corrected chi connectivity index (χ0v) is 21.4. The van der Waals surface area contributed by atoms with E-state index >= 15 is 0 Å². The summed E-state index contributed by atoms with van der Waals surface area (Å²) in [7, 11) is 0. The second-order valence-electron chi connectivity index (χ2n) is 10.5. The highest BCUT2D eigenvalue weighted by Gasteiger charge is 2.35. The monoisotopic (exact) mass is 529 g/mol. The van der Waals surface area contributed by atoms with E-state index in [-0.39, 0.29) is 5.69 Å². The molecular formula is C27H29BrFNO4. The molecule has 0 saturated heterocycles. The number of hydrogen-bond acceptors (Lipinski definition) is 3. The van der Waals surface area contributed by atoms with Crippen molar-refractivity contribution in [3.8, 4) is 5.75 Å². The number of hydrogen-bond donors (Lipinski definition) is 2. The zero-order valence-electron chi connectivity index (χ0n) is 19.8. The lowest BCUT2D eigenvalue weighted by atomic mass is 9.69. The minimum atomic E-state index is -1.36. The molecular weight excluding hydrogens is 501 g/mol. The number of benzene rings is 2. The number of amides is 1. The minimum absolute atomic E-state index is 0.184. The van der Waals surface area contributed by atoms with Crippen LogP contribution >= 0.6 is 15.9 Å². The fraction of sp³-hybridized carbons (Fsp3) is 0.407. The maximum Gasteiger partial charge on any atom is 0.338 e. The van der Waals surface area contributed by atoms with Gasteiger partial charge in [-0.2, -0.15) is 0 Å². The van der Waals surface area contributed by atoms with E-state index < -0.39 is 28.9 Å². The van der Waals surface area contributed by atoms with Crippen LogP contribution in [0.3, 0.4) is 0 Å². The van der Waals surface area contributed by atoms with Crippen molar-refractivity contribution in [1.82, 2.24) is 0 Å². The van der Waals surface area contributed by atoms with Gasteiger partial charge in [-0.15, -0.1) is 0 Å². The van der Waals surface area contributed by atoms with E-state index in [9.17, 15) is 14.0 Å². The predicted molar refractivity (Wildman–Crippen MR) is 134 cm³/mol. The van der Waals surface area contributed by atoms with Crippen molar-refractivity contribution in [3.05, 3.63) is 63.4 Å². The van der Waals surface area contributed by atoms with Gasteiger partial charge in [0.05, 0.1) is 10.0 Å². The largest absolute Gasteiger partial charge is 0.482 e. The fourth-order valence-corrected chi connectivity index (χ4v) is 5.35. The summed E-state index contributed by atoms with van der Waals surface area (Å²) in [6, 6.07) is 7.04. The van der Waals surface area contributed by atoms with Crippen LogP contribution in [-0.2, 0) is 0 Å². The molecule has 0 atom stereocenters. The third-order valence-corrected chi connectivity index (χ3v) is 7.31. The molecule has 7 heteroatoms. The Balaban J connectivity index is 1.66. The molecule has 1 aliphatic heterocycles. The SMILES string of the molecule is CC1(C)CCC(C2=CC(C)(C)Oc3c(Br)cc(C(=O)Nc4ccc(C(=O)O)c(F)c4)cc32)CC1. The highest BCUT2D eigenvalue weighted by molar-refractivity contribution is 9.10. The van der Waals surface area contributed by atoms with Crippen LogP contribution < -0.4 is 10.1 Å². The number of carboxylic acid groups (broad SMARTS) is 1. The van der Waals surface area contributed by atoms with E-state index in [1.54, 1.807) is 6.07 Å². The van der Waals surface area contributed by atoms with Crippen LogP contribution in [0, 0.1) is 17.2 Å². The number of anilines is 1. The van der Waals surface area contributed by atoms with E-state index in [1.807, 2.05) is 19.9 Å². The number of halogens is 2. The van der Waals surface area contributed by atoms with Gasteiger partial charge in [-0.25, -0.2) is 9.18 Å². The van der Waals surface area contributed by atoms with Crippen molar-refractivity contribution in [3.63, 3.8) is 0 Å². The Morgan fingerprint density at radius 3 is 2.41 bits per heavy atom. The number of carbonyl (C=O) groups is 2. The maximum absolute atomic E-state index is 14.1. The van der Waals surface area contributed by atoms with Crippen LogP contribution in [0.1, 0.15) is 79.7 Å². The van der Waals surface area contributed by atoms with E-state index in [2.05, 4.69) is 41.2 Å². The molecule has 2 aromatic carbocycles. The maximum atomic E-state index is 14.1.